The highest BCUT2D eigenvalue weighted by Crippen LogP contribution is 2.31. The molecule has 124 valence electrons. The van der Waals surface area contributed by atoms with Crippen molar-refractivity contribution in [3.63, 3.8) is 0 Å². The number of rotatable bonds is 4. The normalized spacial score (nSPS) is 14.4. The summed E-state index contributed by atoms with van der Waals surface area (Å²) < 4.78 is 5.63. The van der Waals surface area contributed by atoms with Crippen LogP contribution in [0.15, 0.2) is 18.2 Å². The minimum Gasteiger partial charge on any atom is -0.491 e. The number of carbonyl (C=O) groups is 1. The number of benzene rings is 1. The van der Waals surface area contributed by atoms with Crippen molar-refractivity contribution in [2.45, 2.75) is 45.6 Å². The van der Waals surface area contributed by atoms with E-state index in [9.17, 15) is 4.79 Å². The molecule has 0 unspecified atom stereocenters. The molecule has 23 heavy (non-hydrogen) atoms. The molecule has 4 heteroatoms. The smallest absolute Gasteiger partial charge is 0.230 e. The van der Waals surface area contributed by atoms with E-state index < -0.39 is 0 Å². The van der Waals surface area contributed by atoms with Gasteiger partial charge in [-0.15, -0.1) is 0 Å². The Morgan fingerprint density at radius 1 is 1.39 bits per heavy atom. The first kappa shape index (κ1) is 17.4. The molecule has 1 aromatic rings. The number of hydrogen-bond acceptors (Lipinski definition) is 3. The van der Waals surface area contributed by atoms with Gasteiger partial charge in [-0.1, -0.05) is 25.2 Å². The van der Waals surface area contributed by atoms with Crippen LogP contribution in [0.25, 0.3) is 0 Å². The summed E-state index contributed by atoms with van der Waals surface area (Å²) in [7, 11) is 1.78. The van der Waals surface area contributed by atoms with E-state index >= 15 is 0 Å². The van der Waals surface area contributed by atoms with Crippen LogP contribution < -0.4 is 15.0 Å². The van der Waals surface area contributed by atoms with Gasteiger partial charge in [0, 0.05) is 12.6 Å². The Kier molecular flexibility index (Phi) is 5.68. The monoisotopic (exact) mass is 314 g/mol. The van der Waals surface area contributed by atoms with Gasteiger partial charge >= 0.3 is 0 Å². The molecule has 4 nitrogen and oxygen atoms in total. The number of carbonyl (C=O) groups excluding carboxylic acids is 1. The number of nitrogens with zero attached hydrogens (tertiary/aromatic N) is 1. The first-order chi connectivity index (χ1) is 10.9. The molecule has 2 rings (SSSR count). The summed E-state index contributed by atoms with van der Waals surface area (Å²) >= 11 is 0. The second-order valence-corrected chi connectivity index (χ2v) is 6.39. The second-order valence-electron chi connectivity index (χ2n) is 6.39. The summed E-state index contributed by atoms with van der Waals surface area (Å²) in [6.45, 7) is 7.73. The van der Waals surface area contributed by atoms with E-state index in [0.717, 1.165) is 30.0 Å². The van der Waals surface area contributed by atoms with Crippen LogP contribution in [-0.4, -0.2) is 31.6 Å². The van der Waals surface area contributed by atoms with E-state index in [1.54, 1.807) is 11.9 Å². The topological polar surface area (TPSA) is 41.6 Å². The van der Waals surface area contributed by atoms with E-state index in [-0.39, 0.29) is 11.4 Å². The lowest BCUT2D eigenvalue weighted by atomic mass is 10.0. The molecule has 0 radical (unpaired) electrons. The Morgan fingerprint density at radius 3 is 2.91 bits per heavy atom. The highest BCUT2D eigenvalue weighted by molar-refractivity contribution is 5.95. The van der Waals surface area contributed by atoms with Crippen molar-refractivity contribution in [2.24, 2.45) is 0 Å². The largest absolute Gasteiger partial charge is 0.491 e. The van der Waals surface area contributed by atoms with Gasteiger partial charge in [0.15, 0.2) is 0 Å². The Hall–Kier alpha value is -1.99. The summed E-state index contributed by atoms with van der Waals surface area (Å²) in [5.41, 5.74) is 1.44. The molecule has 1 aliphatic rings. The number of amides is 1. The molecule has 0 aliphatic carbocycles. The standard InChI is InChI=1S/C19H26N2O2/c1-5-6-12-20-19(2,3)11-9-15-7-8-17-16(14-15)21(4)18(22)10-13-23-17/h7-8,14,20H,5-6,10,12-13H2,1-4H3. The Bertz CT molecular complexity index is 626. The highest BCUT2D eigenvalue weighted by Gasteiger charge is 2.20. The van der Waals surface area contributed by atoms with E-state index in [1.807, 2.05) is 18.2 Å². The first-order valence-corrected chi connectivity index (χ1v) is 8.24. The van der Waals surface area contributed by atoms with E-state index in [1.165, 1.54) is 6.42 Å². The molecule has 0 saturated carbocycles. The van der Waals surface area contributed by atoms with Gasteiger partial charge in [-0.3, -0.25) is 4.79 Å². The lowest BCUT2D eigenvalue weighted by Crippen LogP contribution is -2.38. The predicted octanol–water partition coefficient (Wildman–Crippen LogP) is 2.95. The van der Waals surface area contributed by atoms with Crippen molar-refractivity contribution in [3.05, 3.63) is 23.8 Å². The van der Waals surface area contributed by atoms with Crippen LogP contribution >= 0.6 is 0 Å². The van der Waals surface area contributed by atoms with E-state index in [4.69, 9.17) is 4.74 Å². The van der Waals surface area contributed by atoms with Gasteiger partial charge in [-0.25, -0.2) is 0 Å². The average Bonchev–Trinajstić information content (AvgIpc) is 2.66. The molecular formula is C19H26N2O2. The molecule has 1 aliphatic heterocycles. The molecule has 0 fully saturated rings. The molecular weight excluding hydrogens is 288 g/mol. The zero-order chi connectivity index (χ0) is 16.9. The Balaban J connectivity index is 2.18. The quantitative estimate of drug-likeness (QED) is 0.686. The number of unbranched alkanes of at least 4 members (excludes halogenated alkanes) is 1. The summed E-state index contributed by atoms with van der Waals surface area (Å²) in [6, 6.07) is 5.76. The Morgan fingerprint density at radius 2 is 2.17 bits per heavy atom. The Labute approximate surface area is 139 Å². The molecule has 0 saturated heterocycles. The molecule has 0 bridgehead atoms. The average molecular weight is 314 g/mol. The van der Waals surface area contributed by atoms with Crippen molar-refractivity contribution in [1.82, 2.24) is 5.32 Å². The van der Waals surface area contributed by atoms with Gasteiger partial charge in [-0.2, -0.15) is 0 Å². The van der Waals surface area contributed by atoms with Crippen molar-refractivity contribution in [3.8, 4) is 17.6 Å². The summed E-state index contributed by atoms with van der Waals surface area (Å²) in [5.74, 6) is 7.29. The highest BCUT2D eigenvalue weighted by atomic mass is 16.5. The zero-order valence-electron chi connectivity index (χ0n) is 14.5. The second kappa shape index (κ2) is 7.52. The predicted molar refractivity (Wildman–Crippen MR) is 93.8 cm³/mol. The van der Waals surface area contributed by atoms with Crippen molar-refractivity contribution in [2.75, 3.05) is 25.1 Å². The number of fused-ring (bicyclic) bond motifs is 1. The third-order valence-corrected chi connectivity index (χ3v) is 3.88. The van der Waals surface area contributed by atoms with Crippen molar-refractivity contribution >= 4 is 11.6 Å². The number of nitrogens with one attached hydrogen (secondary N) is 1. The fraction of sp³-hybridized carbons (Fsp3) is 0.526. The van der Waals surface area contributed by atoms with Crippen LogP contribution in [-0.2, 0) is 4.79 Å². The van der Waals surface area contributed by atoms with Crippen LogP contribution in [0.5, 0.6) is 5.75 Å². The lowest BCUT2D eigenvalue weighted by molar-refractivity contribution is -0.118. The maximum absolute atomic E-state index is 12.0. The minimum atomic E-state index is -0.236. The molecule has 1 heterocycles. The van der Waals surface area contributed by atoms with Crippen LogP contribution in [0.3, 0.4) is 0 Å². The van der Waals surface area contributed by atoms with Crippen LogP contribution in [0.2, 0.25) is 0 Å². The number of anilines is 1. The van der Waals surface area contributed by atoms with E-state index in [2.05, 4.69) is 37.9 Å². The molecule has 1 aromatic carbocycles. The number of hydrogen-bond donors (Lipinski definition) is 1. The summed E-state index contributed by atoms with van der Waals surface area (Å²) in [4.78, 5) is 13.6. The lowest BCUT2D eigenvalue weighted by Gasteiger charge is -2.19. The molecule has 1 amide bonds. The molecule has 0 aromatic heterocycles. The third kappa shape index (κ3) is 4.74. The van der Waals surface area contributed by atoms with E-state index in [0.29, 0.717) is 13.0 Å². The maximum Gasteiger partial charge on any atom is 0.230 e. The maximum atomic E-state index is 12.0. The van der Waals surface area contributed by atoms with Crippen LogP contribution in [0.4, 0.5) is 5.69 Å². The minimum absolute atomic E-state index is 0.0652. The molecule has 0 spiro atoms. The van der Waals surface area contributed by atoms with Crippen molar-refractivity contribution in [1.29, 1.82) is 0 Å². The first-order valence-electron chi connectivity index (χ1n) is 8.24. The fourth-order valence-corrected chi connectivity index (χ4v) is 2.38. The van der Waals surface area contributed by atoms with Gasteiger partial charge in [0.25, 0.3) is 0 Å². The SMILES string of the molecule is CCCCNC(C)(C)C#Cc1ccc2c(c1)N(C)C(=O)CCO2. The summed E-state index contributed by atoms with van der Waals surface area (Å²) in [6.07, 6.45) is 2.72. The van der Waals surface area contributed by atoms with Gasteiger partial charge in [-0.05, 0) is 45.0 Å². The summed E-state index contributed by atoms with van der Waals surface area (Å²) in [5, 5.41) is 3.46. The van der Waals surface area contributed by atoms with Gasteiger partial charge in [0.2, 0.25) is 5.91 Å². The third-order valence-electron chi connectivity index (χ3n) is 3.88. The van der Waals surface area contributed by atoms with Crippen molar-refractivity contribution < 1.29 is 9.53 Å². The van der Waals surface area contributed by atoms with Crippen LogP contribution in [0.1, 0.15) is 45.6 Å². The zero-order valence-corrected chi connectivity index (χ0v) is 14.5. The molecule has 0 atom stereocenters. The van der Waals surface area contributed by atoms with Gasteiger partial charge in [0.1, 0.15) is 5.75 Å². The molecule has 1 N–H and O–H groups in total. The van der Waals surface area contributed by atoms with Gasteiger partial charge in [0.05, 0.1) is 24.3 Å². The van der Waals surface area contributed by atoms with Gasteiger partial charge < -0.3 is 15.0 Å². The van der Waals surface area contributed by atoms with Crippen LogP contribution in [0, 0.1) is 11.8 Å². The fourth-order valence-electron chi connectivity index (χ4n) is 2.38. The number of ether oxygens (including phenoxy) is 1.